The van der Waals surface area contributed by atoms with Crippen molar-refractivity contribution in [2.45, 2.75) is 271 Å². The summed E-state index contributed by atoms with van der Waals surface area (Å²) >= 11 is 0. The van der Waals surface area contributed by atoms with Gasteiger partial charge in [0.25, 0.3) is 0 Å². The third-order valence-corrected chi connectivity index (χ3v) is 18.0. The first-order valence-electron chi connectivity index (χ1n) is 24.8. The molecule has 64 heavy (non-hydrogen) atoms. The fraction of sp³-hybridized carbons (Fsp3) is 0.880. The number of aliphatic hydroxyl groups is 1. The molecule has 0 bridgehead atoms. The summed E-state index contributed by atoms with van der Waals surface area (Å²) in [5.41, 5.74) is -2.39. The smallest absolute Gasteiger partial charge is 0.331 e. The van der Waals surface area contributed by atoms with Gasteiger partial charge in [-0.05, 0) is 78.7 Å². The van der Waals surface area contributed by atoms with Crippen molar-refractivity contribution in [3.8, 4) is 0 Å². The Bertz CT molecular complexity index is 1910. The zero-order valence-corrected chi connectivity index (χ0v) is 39.1. The van der Waals surface area contributed by atoms with E-state index in [2.05, 4.69) is 46.8 Å². The van der Waals surface area contributed by atoms with Gasteiger partial charge in [0.05, 0.1) is 108 Å². The van der Waals surface area contributed by atoms with Crippen molar-refractivity contribution in [2.24, 2.45) is 5.92 Å². The SMILES string of the molecule is CCC(=O)C[C@@H]1C[C@H](O)[C@]2(C)O[C@@H]3C[C@@H]4O[C@@H]5C[C@]6(C)O[C@]7(C)CC[C@@H]8O[C@@H]9C[C@]%10(C)O[C@@H]%11C(C)=CC(=O)OC%11CC%10OC9C[C@@H](C)C8OC7CC6O[C@@]5(C)C/C=C\C4OC3CC2O1. The van der Waals surface area contributed by atoms with Crippen molar-refractivity contribution in [3.63, 3.8) is 0 Å². The quantitative estimate of drug-likeness (QED) is 0.272. The minimum absolute atomic E-state index is 0.114. The highest BCUT2D eigenvalue weighted by atomic mass is 16.7. The van der Waals surface area contributed by atoms with Crippen LogP contribution in [0.25, 0.3) is 0 Å². The van der Waals surface area contributed by atoms with E-state index in [4.69, 9.17) is 52.1 Å². The Labute approximate surface area is 378 Å². The predicted octanol–water partition coefficient (Wildman–Crippen LogP) is 5.70. The number of ether oxygens (including phenoxy) is 11. The molecule has 9 unspecified atom stereocenters. The van der Waals surface area contributed by atoms with Gasteiger partial charge in [-0.15, -0.1) is 0 Å². The number of carbonyl (C=O) groups is 2. The fourth-order valence-electron chi connectivity index (χ4n) is 14.0. The lowest BCUT2D eigenvalue weighted by atomic mass is 9.72. The Morgan fingerprint density at radius 3 is 2.28 bits per heavy atom. The van der Waals surface area contributed by atoms with Gasteiger partial charge in [0, 0.05) is 63.9 Å². The Morgan fingerprint density at radius 1 is 0.703 bits per heavy atom. The Balaban J connectivity index is 0.776. The molecule has 356 valence electrons. The van der Waals surface area contributed by atoms with Crippen LogP contribution in [0.1, 0.15) is 139 Å². The first-order valence-corrected chi connectivity index (χ1v) is 24.8. The molecule has 9 fully saturated rings. The van der Waals surface area contributed by atoms with Gasteiger partial charge in [-0.3, -0.25) is 4.79 Å². The monoisotopic (exact) mass is 896 g/mol. The second-order valence-corrected chi connectivity index (χ2v) is 22.8. The van der Waals surface area contributed by atoms with Crippen LogP contribution in [0.2, 0.25) is 0 Å². The standard InChI is InChI=1S/C50H72O14/c1-9-27(51)17-28-18-37(52)50(8)41(54-28)20-33-34(61-50)19-32-29(55-33)11-10-13-46(4)42(58-32)24-49(7)40(62-46)22-39-47(5,64-49)14-12-30-44(60-39)25(2)15-31-36(56-30)23-48(6)38(57-31)21-35-45(63-48)26(3)16-43(53)59-35/h10-11,16,25,28-42,44-45,52H,9,12-15,17-24H2,1-8H3/b11-10-/t25-,28-,29?,30+,31?,32+,33?,34-,35?,36-,37+,38?,39?,40?,41?,42-,44?,45-,46+,47-,48+,49+,50+/m1/s1. The molecule has 11 rings (SSSR count). The molecule has 0 aliphatic carbocycles. The summed E-state index contributed by atoms with van der Waals surface area (Å²) < 4.78 is 75.6. The van der Waals surface area contributed by atoms with Crippen molar-refractivity contribution < 1.29 is 66.8 Å². The summed E-state index contributed by atoms with van der Waals surface area (Å²) in [5, 5.41) is 11.4. The molecule has 9 saturated heterocycles. The van der Waals surface area contributed by atoms with Gasteiger partial charge in [-0.1, -0.05) is 26.0 Å². The number of hydrogen-bond acceptors (Lipinski definition) is 14. The fourth-order valence-corrected chi connectivity index (χ4v) is 14.0. The lowest BCUT2D eigenvalue weighted by Crippen LogP contribution is -2.70. The molecule has 23 atom stereocenters. The average Bonchev–Trinajstić information content (AvgIpc) is 3.43. The Morgan fingerprint density at radius 2 is 1.47 bits per heavy atom. The van der Waals surface area contributed by atoms with E-state index in [9.17, 15) is 14.7 Å². The molecule has 14 nitrogen and oxygen atoms in total. The summed E-state index contributed by atoms with van der Waals surface area (Å²) in [6.45, 7) is 16.7. The summed E-state index contributed by atoms with van der Waals surface area (Å²) in [6.07, 6.45) is 9.29. The summed E-state index contributed by atoms with van der Waals surface area (Å²) in [7, 11) is 0. The number of esters is 1. The number of Topliss-reactive ketones (excluding diaryl/α,β-unsaturated/α-hetero) is 1. The van der Waals surface area contributed by atoms with Crippen LogP contribution in [-0.2, 0) is 61.7 Å². The van der Waals surface area contributed by atoms with Crippen LogP contribution >= 0.6 is 0 Å². The first-order chi connectivity index (χ1) is 30.4. The van der Waals surface area contributed by atoms with Crippen molar-refractivity contribution in [3.05, 3.63) is 23.8 Å². The highest BCUT2D eigenvalue weighted by molar-refractivity contribution is 5.84. The molecule has 1 N–H and O–H groups in total. The van der Waals surface area contributed by atoms with Gasteiger partial charge in [0.15, 0.2) is 0 Å². The first kappa shape index (κ1) is 44.7. The minimum Gasteiger partial charge on any atom is -0.456 e. The second-order valence-electron chi connectivity index (χ2n) is 22.8. The lowest BCUT2D eigenvalue weighted by Gasteiger charge is -2.60. The molecule has 0 radical (unpaired) electrons. The molecule has 11 heterocycles. The van der Waals surface area contributed by atoms with Crippen molar-refractivity contribution in [1.82, 2.24) is 0 Å². The van der Waals surface area contributed by atoms with Gasteiger partial charge in [-0.25, -0.2) is 4.79 Å². The average molecular weight is 897 g/mol. The third kappa shape index (κ3) is 7.45. The lowest BCUT2D eigenvalue weighted by molar-refractivity contribution is -0.356. The second kappa shape index (κ2) is 15.9. The minimum atomic E-state index is -0.905. The van der Waals surface area contributed by atoms with E-state index in [0.717, 1.165) is 24.8 Å². The van der Waals surface area contributed by atoms with Crippen molar-refractivity contribution in [2.75, 3.05) is 0 Å². The maximum atomic E-state index is 12.3. The maximum Gasteiger partial charge on any atom is 0.331 e. The number of fused-ring (bicyclic) bond motifs is 10. The van der Waals surface area contributed by atoms with Crippen molar-refractivity contribution >= 4 is 11.8 Å². The van der Waals surface area contributed by atoms with E-state index in [1.54, 1.807) is 6.08 Å². The van der Waals surface area contributed by atoms with Crippen LogP contribution in [0.3, 0.4) is 0 Å². The van der Waals surface area contributed by atoms with Crippen LogP contribution in [-0.4, -0.2) is 149 Å². The highest BCUT2D eigenvalue weighted by Crippen LogP contribution is 2.55. The molecule has 11 aliphatic rings. The van der Waals surface area contributed by atoms with Crippen LogP contribution in [0.4, 0.5) is 0 Å². The van der Waals surface area contributed by atoms with E-state index < -0.39 is 34.1 Å². The molecular weight excluding hydrogens is 825 g/mol. The van der Waals surface area contributed by atoms with Crippen LogP contribution in [0.5, 0.6) is 0 Å². The molecule has 0 amide bonds. The summed E-state index contributed by atoms with van der Waals surface area (Å²) in [6, 6.07) is 0. The molecule has 14 heteroatoms. The van der Waals surface area contributed by atoms with E-state index in [-0.39, 0.29) is 115 Å². The largest absolute Gasteiger partial charge is 0.456 e. The number of hydrogen-bond donors (Lipinski definition) is 1. The zero-order chi connectivity index (χ0) is 44.7. The number of aliphatic hydroxyl groups excluding tert-OH is 1. The van der Waals surface area contributed by atoms with Gasteiger partial charge in [-0.2, -0.15) is 0 Å². The van der Waals surface area contributed by atoms with Gasteiger partial charge >= 0.3 is 5.97 Å². The number of rotatable bonds is 3. The van der Waals surface area contributed by atoms with Crippen LogP contribution < -0.4 is 0 Å². The predicted molar refractivity (Wildman–Crippen MR) is 228 cm³/mol. The number of ketones is 1. The summed E-state index contributed by atoms with van der Waals surface area (Å²) in [5.74, 6) is -0.00674. The van der Waals surface area contributed by atoms with Crippen LogP contribution in [0, 0.1) is 5.92 Å². The molecule has 0 aromatic heterocycles. The Kier molecular flexibility index (Phi) is 11.1. The molecular formula is C50H72O14. The maximum absolute atomic E-state index is 12.3. The number of carbonyl (C=O) groups excluding carboxylic acids is 2. The van der Waals surface area contributed by atoms with Gasteiger partial charge in [0.1, 0.15) is 29.7 Å². The highest BCUT2D eigenvalue weighted by Gasteiger charge is 2.64. The van der Waals surface area contributed by atoms with Crippen LogP contribution in [0.15, 0.2) is 23.8 Å². The topological polar surface area (TPSA) is 156 Å². The molecule has 11 aliphatic heterocycles. The van der Waals surface area contributed by atoms with Crippen molar-refractivity contribution in [1.29, 1.82) is 0 Å². The van der Waals surface area contributed by atoms with E-state index in [0.29, 0.717) is 64.2 Å². The normalized spacial score (nSPS) is 57.0. The zero-order valence-electron chi connectivity index (χ0n) is 39.1. The third-order valence-electron chi connectivity index (χ3n) is 18.0. The molecule has 0 aromatic carbocycles. The van der Waals surface area contributed by atoms with E-state index >= 15 is 0 Å². The Hall–Kier alpha value is -1.82. The summed E-state index contributed by atoms with van der Waals surface area (Å²) in [4.78, 5) is 24.6. The van der Waals surface area contributed by atoms with E-state index in [1.165, 1.54) is 0 Å². The molecule has 0 aromatic rings. The molecule has 0 spiro atoms. The van der Waals surface area contributed by atoms with Gasteiger partial charge < -0.3 is 57.2 Å². The molecule has 0 saturated carbocycles. The van der Waals surface area contributed by atoms with E-state index in [1.807, 2.05) is 20.8 Å². The van der Waals surface area contributed by atoms with Gasteiger partial charge in [0.2, 0.25) is 0 Å².